The molecule has 2 aromatic rings. The summed E-state index contributed by atoms with van der Waals surface area (Å²) in [5.41, 5.74) is 3.42. The van der Waals surface area contributed by atoms with E-state index in [9.17, 15) is 4.79 Å². The lowest BCUT2D eigenvalue weighted by atomic mass is 10.0. The Morgan fingerprint density at radius 2 is 1.56 bits per heavy atom. The number of hydrogen-bond donors (Lipinski definition) is 2. The number of anilines is 1. The number of aliphatic hydroxyl groups excluding tert-OH is 1. The van der Waals surface area contributed by atoms with Crippen LogP contribution < -0.4 is 10.2 Å². The zero-order valence-electron chi connectivity index (χ0n) is 19.0. The molecule has 0 unspecified atom stereocenters. The summed E-state index contributed by atoms with van der Waals surface area (Å²) in [5.74, 6) is 0.0569. The van der Waals surface area contributed by atoms with E-state index in [1.165, 1.54) is 18.5 Å². The van der Waals surface area contributed by atoms with Gasteiger partial charge in [0.25, 0.3) is 0 Å². The van der Waals surface area contributed by atoms with Crippen LogP contribution in [0.25, 0.3) is 0 Å². The third-order valence-electron chi connectivity index (χ3n) is 6.80. The molecule has 0 aliphatic carbocycles. The zero-order chi connectivity index (χ0) is 22.2. The van der Waals surface area contributed by atoms with Gasteiger partial charge in [-0.3, -0.25) is 14.6 Å². The molecule has 32 heavy (non-hydrogen) atoms. The molecule has 6 nitrogen and oxygen atoms in total. The summed E-state index contributed by atoms with van der Waals surface area (Å²) in [6.45, 7) is 8.17. The molecule has 2 fully saturated rings. The van der Waals surface area contributed by atoms with Crippen LogP contribution in [0, 0.1) is 0 Å². The standard InChI is InChI=1S/C26H36N4O2/c31-19-18-28-14-16-30(17-15-28)25-10-12-29(13-11-25)24-8-6-22(7-9-24)20-26(32)27-21-23-4-2-1-3-5-23/h1-9,25,31H,10-21H2,(H,27,32). The quantitative estimate of drug-likeness (QED) is 0.664. The second-order valence-electron chi connectivity index (χ2n) is 8.92. The second-order valence-corrected chi connectivity index (χ2v) is 8.92. The fourth-order valence-electron chi connectivity index (χ4n) is 4.85. The summed E-state index contributed by atoms with van der Waals surface area (Å²) in [4.78, 5) is 19.7. The van der Waals surface area contributed by atoms with Crippen molar-refractivity contribution in [3.8, 4) is 0 Å². The maximum atomic E-state index is 12.3. The Balaban J connectivity index is 1.20. The van der Waals surface area contributed by atoms with Gasteiger partial charge in [-0.15, -0.1) is 0 Å². The molecule has 1 amide bonds. The van der Waals surface area contributed by atoms with Gasteiger partial charge < -0.3 is 15.3 Å². The maximum Gasteiger partial charge on any atom is 0.224 e. The number of piperazine rings is 1. The highest BCUT2D eigenvalue weighted by molar-refractivity contribution is 5.78. The minimum atomic E-state index is 0.0569. The van der Waals surface area contributed by atoms with Crippen LogP contribution in [0.1, 0.15) is 24.0 Å². The van der Waals surface area contributed by atoms with Crippen LogP contribution in [0.2, 0.25) is 0 Å². The maximum absolute atomic E-state index is 12.3. The van der Waals surface area contributed by atoms with Gasteiger partial charge in [0.1, 0.15) is 0 Å². The van der Waals surface area contributed by atoms with Crippen molar-refractivity contribution in [3.05, 3.63) is 65.7 Å². The minimum absolute atomic E-state index is 0.0569. The first kappa shape index (κ1) is 22.8. The predicted molar refractivity (Wildman–Crippen MR) is 129 cm³/mol. The number of β-amino-alcohol motifs (C(OH)–C–C–N with tert-alkyl or cyclic N) is 1. The Bertz CT molecular complexity index is 827. The summed E-state index contributed by atoms with van der Waals surface area (Å²) < 4.78 is 0. The number of carbonyl (C=O) groups is 1. The van der Waals surface area contributed by atoms with Gasteiger partial charge in [0.15, 0.2) is 0 Å². The fraction of sp³-hybridized carbons (Fsp3) is 0.500. The number of nitrogens with one attached hydrogen (secondary N) is 1. The number of rotatable bonds is 8. The van der Waals surface area contributed by atoms with Gasteiger partial charge in [-0.1, -0.05) is 42.5 Å². The lowest BCUT2D eigenvalue weighted by Crippen LogP contribution is -2.53. The molecule has 4 rings (SSSR count). The first-order valence-electron chi connectivity index (χ1n) is 11.9. The molecule has 6 heteroatoms. The van der Waals surface area contributed by atoms with E-state index < -0.39 is 0 Å². The van der Waals surface area contributed by atoms with Crippen LogP contribution >= 0.6 is 0 Å². The van der Waals surface area contributed by atoms with Crippen molar-refractivity contribution >= 4 is 11.6 Å². The van der Waals surface area contributed by atoms with Crippen LogP contribution in [0.4, 0.5) is 5.69 Å². The van der Waals surface area contributed by atoms with E-state index in [2.05, 4.69) is 44.3 Å². The summed E-state index contributed by atoms with van der Waals surface area (Å²) in [5, 5.41) is 12.1. The summed E-state index contributed by atoms with van der Waals surface area (Å²) in [7, 11) is 0. The topological polar surface area (TPSA) is 59.1 Å². The average Bonchev–Trinajstić information content (AvgIpc) is 2.85. The van der Waals surface area contributed by atoms with Crippen molar-refractivity contribution in [1.29, 1.82) is 0 Å². The average molecular weight is 437 g/mol. The van der Waals surface area contributed by atoms with Crippen molar-refractivity contribution in [3.63, 3.8) is 0 Å². The Morgan fingerprint density at radius 3 is 2.22 bits per heavy atom. The van der Waals surface area contributed by atoms with Crippen molar-refractivity contribution in [2.24, 2.45) is 0 Å². The molecule has 2 aliphatic heterocycles. The molecule has 172 valence electrons. The van der Waals surface area contributed by atoms with Crippen molar-refractivity contribution < 1.29 is 9.90 Å². The summed E-state index contributed by atoms with van der Waals surface area (Å²) in [6, 6.07) is 19.2. The van der Waals surface area contributed by atoms with Gasteiger partial charge in [-0.2, -0.15) is 0 Å². The molecular weight excluding hydrogens is 400 g/mol. The Hall–Kier alpha value is -2.41. The SMILES string of the molecule is O=C(Cc1ccc(N2CCC(N3CCN(CCO)CC3)CC2)cc1)NCc1ccccc1. The van der Waals surface area contributed by atoms with E-state index >= 15 is 0 Å². The predicted octanol–water partition coefficient (Wildman–Crippen LogP) is 2.12. The molecule has 2 N–H and O–H groups in total. The third-order valence-corrected chi connectivity index (χ3v) is 6.80. The van der Waals surface area contributed by atoms with Crippen molar-refractivity contribution in [2.75, 3.05) is 57.3 Å². The van der Waals surface area contributed by atoms with Crippen molar-refractivity contribution in [2.45, 2.75) is 31.8 Å². The smallest absolute Gasteiger partial charge is 0.224 e. The second kappa shape index (κ2) is 11.5. The van der Waals surface area contributed by atoms with Gasteiger partial charge in [0.2, 0.25) is 5.91 Å². The first-order valence-corrected chi connectivity index (χ1v) is 11.9. The van der Waals surface area contributed by atoms with Gasteiger partial charge in [0, 0.05) is 64.1 Å². The number of hydrogen-bond acceptors (Lipinski definition) is 5. The zero-order valence-corrected chi connectivity index (χ0v) is 19.0. The van der Waals surface area contributed by atoms with Gasteiger partial charge >= 0.3 is 0 Å². The molecule has 2 heterocycles. The fourth-order valence-corrected chi connectivity index (χ4v) is 4.85. The highest BCUT2D eigenvalue weighted by Gasteiger charge is 2.27. The van der Waals surface area contributed by atoms with Gasteiger partial charge in [-0.25, -0.2) is 0 Å². The largest absolute Gasteiger partial charge is 0.395 e. The number of amides is 1. The molecule has 0 atom stereocenters. The van der Waals surface area contributed by atoms with Crippen LogP contribution in [0.15, 0.2) is 54.6 Å². The summed E-state index contributed by atoms with van der Waals surface area (Å²) in [6.07, 6.45) is 2.81. The van der Waals surface area contributed by atoms with Gasteiger partial charge in [0.05, 0.1) is 13.0 Å². The number of benzene rings is 2. The molecule has 0 saturated carbocycles. The highest BCUT2D eigenvalue weighted by atomic mass is 16.3. The normalized spacial score (nSPS) is 18.6. The lowest BCUT2D eigenvalue weighted by molar-refractivity contribution is -0.120. The Kier molecular flexibility index (Phi) is 8.15. The molecular formula is C26H36N4O2. The number of carbonyl (C=O) groups excluding carboxylic acids is 1. The van der Waals surface area contributed by atoms with Crippen LogP contribution in [0.5, 0.6) is 0 Å². The van der Waals surface area contributed by atoms with E-state index in [4.69, 9.17) is 5.11 Å². The van der Waals surface area contributed by atoms with Crippen LogP contribution in [-0.4, -0.2) is 79.3 Å². The third kappa shape index (κ3) is 6.31. The molecule has 0 radical (unpaired) electrons. The number of nitrogens with zero attached hydrogens (tertiary/aromatic N) is 3. The van der Waals surface area contributed by atoms with Crippen LogP contribution in [0.3, 0.4) is 0 Å². The minimum Gasteiger partial charge on any atom is -0.395 e. The highest BCUT2D eigenvalue weighted by Crippen LogP contribution is 2.24. The molecule has 0 aromatic heterocycles. The van der Waals surface area contributed by atoms with E-state index in [-0.39, 0.29) is 12.5 Å². The van der Waals surface area contributed by atoms with E-state index in [1.54, 1.807) is 0 Å². The molecule has 2 saturated heterocycles. The molecule has 2 aliphatic rings. The van der Waals surface area contributed by atoms with Crippen LogP contribution in [-0.2, 0) is 17.8 Å². The van der Waals surface area contributed by atoms with E-state index in [1.807, 2.05) is 30.3 Å². The molecule has 2 aromatic carbocycles. The molecule has 0 spiro atoms. The summed E-state index contributed by atoms with van der Waals surface area (Å²) >= 11 is 0. The Labute approximate surface area is 191 Å². The van der Waals surface area contributed by atoms with Gasteiger partial charge in [-0.05, 0) is 36.1 Å². The number of aliphatic hydroxyl groups is 1. The first-order chi connectivity index (χ1) is 15.7. The molecule has 0 bridgehead atoms. The monoisotopic (exact) mass is 436 g/mol. The Morgan fingerprint density at radius 1 is 0.875 bits per heavy atom. The van der Waals surface area contributed by atoms with E-state index in [0.717, 1.165) is 56.9 Å². The lowest BCUT2D eigenvalue weighted by Gasteiger charge is -2.43. The number of piperidine rings is 1. The van der Waals surface area contributed by atoms with E-state index in [0.29, 0.717) is 19.0 Å². The van der Waals surface area contributed by atoms with Crippen molar-refractivity contribution in [1.82, 2.24) is 15.1 Å².